The fraction of sp³-hybridized carbons (Fsp3) is 1.00. The predicted octanol–water partition coefficient (Wildman–Crippen LogP) is 4.37. The van der Waals surface area contributed by atoms with Crippen LogP contribution < -0.4 is 5.32 Å². The van der Waals surface area contributed by atoms with Gasteiger partial charge in [-0.25, -0.2) is 0 Å². The van der Waals surface area contributed by atoms with E-state index in [0.29, 0.717) is 0 Å². The van der Waals surface area contributed by atoms with E-state index < -0.39 is 0 Å². The summed E-state index contributed by atoms with van der Waals surface area (Å²) in [4.78, 5) is 0. The summed E-state index contributed by atoms with van der Waals surface area (Å²) in [6.45, 7) is 6.13. The van der Waals surface area contributed by atoms with Crippen molar-refractivity contribution >= 4 is 0 Å². The lowest BCUT2D eigenvalue weighted by molar-refractivity contribution is 0.207. The summed E-state index contributed by atoms with van der Waals surface area (Å²) >= 11 is 0. The number of hydrogen-bond donors (Lipinski definition) is 1. The predicted molar refractivity (Wildman–Crippen MR) is 75.2 cm³/mol. The summed E-state index contributed by atoms with van der Waals surface area (Å²) in [5, 5.41) is 3.85. The van der Waals surface area contributed by atoms with Gasteiger partial charge in [-0.2, -0.15) is 0 Å². The molecule has 2 aliphatic rings. The Morgan fingerprint density at radius 2 is 1.53 bits per heavy atom. The van der Waals surface area contributed by atoms with Gasteiger partial charge in [0, 0.05) is 6.04 Å². The first-order valence-electron chi connectivity index (χ1n) is 8.00. The molecule has 1 heteroatoms. The minimum Gasteiger partial charge on any atom is -0.313 e. The van der Waals surface area contributed by atoms with Gasteiger partial charge < -0.3 is 5.32 Å². The van der Waals surface area contributed by atoms with Crippen LogP contribution in [0, 0.1) is 17.8 Å². The second-order valence-electron chi connectivity index (χ2n) is 6.66. The molecule has 2 aliphatic carbocycles. The Morgan fingerprint density at radius 3 is 2.18 bits per heavy atom. The monoisotopic (exact) mass is 237 g/mol. The molecule has 0 radical (unpaired) electrons. The highest BCUT2D eigenvalue weighted by atomic mass is 14.9. The SMILES string of the molecule is CC1CCCC(C)C1NCCCC1CCCC1. The zero-order valence-electron chi connectivity index (χ0n) is 11.9. The Morgan fingerprint density at radius 1 is 0.882 bits per heavy atom. The standard InChI is InChI=1S/C16H31N/c1-13-7-5-8-14(2)16(13)17-12-6-11-15-9-3-4-10-15/h13-17H,3-12H2,1-2H3. The Kier molecular flexibility index (Phi) is 5.34. The van der Waals surface area contributed by atoms with Crippen molar-refractivity contribution in [1.82, 2.24) is 5.32 Å². The van der Waals surface area contributed by atoms with Crippen LogP contribution >= 0.6 is 0 Å². The van der Waals surface area contributed by atoms with E-state index in [9.17, 15) is 0 Å². The van der Waals surface area contributed by atoms with Crippen LogP contribution in [0.5, 0.6) is 0 Å². The van der Waals surface area contributed by atoms with Gasteiger partial charge in [-0.1, -0.05) is 46.0 Å². The first kappa shape index (κ1) is 13.4. The third-order valence-electron chi connectivity index (χ3n) is 5.19. The molecule has 0 aromatic heterocycles. The number of hydrogen-bond acceptors (Lipinski definition) is 1. The highest BCUT2D eigenvalue weighted by molar-refractivity contribution is 4.83. The van der Waals surface area contributed by atoms with Crippen LogP contribution in [0.25, 0.3) is 0 Å². The molecule has 0 heterocycles. The molecule has 2 atom stereocenters. The molecule has 0 spiro atoms. The van der Waals surface area contributed by atoms with E-state index in [1.807, 2.05) is 0 Å². The summed E-state index contributed by atoms with van der Waals surface area (Å²) in [6.07, 6.45) is 13.2. The molecule has 0 aromatic rings. The normalized spacial score (nSPS) is 35.3. The molecule has 2 unspecified atom stereocenters. The molecule has 17 heavy (non-hydrogen) atoms. The van der Waals surface area contributed by atoms with Crippen molar-refractivity contribution in [3.8, 4) is 0 Å². The van der Waals surface area contributed by atoms with Gasteiger partial charge in [0.15, 0.2) is 0 Å². The Hall–Kier alpha value is -0.0400. The molecular weight excluding hydrogens is 206 g/mol. The molecule has 0 aromatic carbocycles. The highest BCUT2D eigenvalue weighted by Crippen LogP contribution is 2.30. The molecule has 0 saturated heterocycles. The second-order valence-corrected chi connectivity index (χ2v) is 6.66. The van der Waals surface area contributed by atoms with Crippen LogP contribution in [-0.2, 0) is 0 Å². The molecule has 0 amide bonds. The Labute approximate surface area is 108 Å². The van der Waals surface area contributed by atoms with Crippen LogP contribution in [-0.4, -0.2) is 12.6 Å². The van der Waals surface area contributed by atoms with E-state index in [-0.39, 0.29) is 0 Å². The minimum atomic E-state index is 0.798. The molecule has 0 bridgehead atoms. The summed E-state index contributed by atoms with van der Waals surface area (Å²) in [5.74, 6) is 2.86. The Bertz CT molecular complexity index is 198. The summed E-state index contributed by atoms with van der Waals surface area (Å²) < 4.78 is 0. The molecular formula is C16H31N. The van der Waals surface area contributed by atoms with Gasteiger partial charge in [0.1, 0.15) is 0 Å². The maximum absolute atomic E-state index is 3.85. The summed E-state index contributed by atoms with van der Waals surface area (Å²) in [7, 11) is 0. The average Bonchev–Trinajstić information content (AvgIpc) is 2.80. The van der Waals surface area contributed by atoms with Crippen molar-refractivity contribution in [1.29, 1.82) is 0 Å². The molecule has 2 rings (SSSR count). The van der Waals surface area contributed by atoms with Crippen molar-refractivity contribution in [2.45, 2.75) is 77.7 Å². The van der Waals surface area contributed by atoms with Gasteiger partial charge >= 0.3 is 0 Å². The molecule has 1 nitrogen and oxygen atoms in total. The summed E-state index contributed by atoms with van der Waals surface area (Å²) in [5.41, 5.74) is 0. The quantitative estimate of drug-likeness (QED) is 0.700. The molecule has 0 aliphatic heterocycles. The van der Waals surface area contributed by atoms with Crippen LogP contribution in [0.4, 0.5) is 0 Å². The van der Waals surface area contributed by atoms with Crippen LogP contribution in [0.3, 0.4) is 0 Å². The van der Waals surface area contributed by atoms with E-state index in [4.69, 9.17) is 0 Å². The van der Waals surface area contributed by atoms with Gasteiger partial charge in [-0.3, -0.25) is 0 Å². The van der Waals surface area contributed by atoms with Gasteiger partial charge in [-0.05, 0) is 50.0 Å². The van der Waals surface area contributed by atoms with Gasteiger partial charge in [-0.15, -0.1) is 0 Å². The topological polar surface area (TPSA) is 12.0 Å². The number of rotatable bonds is 5. The minimum absolute atomic E-state index is 0.798. The van der Waals surface area contributed by atoms with Crippen LogP contribution in [0.1, 0.15) is 71.6 Å². The van der Waals surface area contributed by atoms with Crippen molar-refractivity contribution in [3.05, 3.63) is 0 Å². The number of nitrogens with one attached hydrogen (secondary N) is 1. The fourth-order valence-electron chi connectivity index (χ4n) is 4.04. The Balaban J connectivity index is 1.59. The van der Waals surface area contributed by atoms with Gasteiger partial charge in [0.25, 0.3) is 0 Å². The lowest BCUT2D eigenvalue weighted by atomic mass is 9.78. The first-order chi connectivity index (χ1) is 8.27. The first-order valence-corrected chi connectivity index (χ1v) is 8.00. The maximum Gasteiger partial charge on any atom is 0.0118 e. The fourth-order valence-corrected chi connectivity index (χ4v) is 4.04. The van der Waals surface area contributed by atoms with Crippen molar-refractivity contribution in [2.24, 2.45) is 17.8 Å². The van der Waals surface area contributed by atoms with Gasteiger partial charge in [0.2, 0.25) is 0 Å². The average molecular weight is 237 g/mol. The van der Waals surface area contributed by atoms with Crippen LogP contribution in [0.15, 0.2) is 0 Å². The highest BCUT2D eigenvalue weighted by Gasteiger charge is 2.26. The zero-order valence-corrected chi connectivity index (χ0v) is 11.9. The van der Waals surface area contributed by atoms with Crippen LogP contribution in [0.2, 0.25) is 0 Å². The maximum atomic E-state index is 3.85. The van der Waals surface area contributed by atoms with Crippen molar-refractivity contribution in [2.75, 3.05) is 6.54 Å². The summed E-state index contributed by atoms with van der Waals surface area (Å²) in [6, 6.07) is 0.798. The third kappa shape index (κ3) is 3.98. The smallest absolute Gasteiger partial charge is 0.0118 e. The largest absolute Gasteiger partial charge is 0.313 e. The van der Waals surface area contributed by atoms with E-state index in [2.05, 4.69) is 19.2 Å². The van der Waals surface area contributed by atoms with Gasteiger partial charge in [0.05, 0.1) is 0 Å². The molecule has 2 fully saturated rings. The van der Waals surface area contributed by atoms with E-state index >= 15 is 0 Å². The van der Waals surface area contributed by atoms with Crippen molar-refractivity contribution < 1.29 is 0 Å². The molecule has 2 saturated carbocycles. The second kappa shape index (κ2) is 6.78. The van der Waals surface area contributed by atoms with Crippen molar-refractivity contribution in [3.63, 3.8) is 0 Å². The lowest BCUT2D eigenvalue weighted by Gasteiger charge is -2.35. The van der Waals surface area contributed by atoms with E-state index in [0.717, 1.165) is 23.8 Å². The van der Waals surface area contributed by atoms with E-state index in [1.54, 1.807) is 0 Å². The molecule has 100 valence electrons. The molecule has 1 N–H and O–H groups in total. The van der Waals surface area contributed by atoms with E-state index in [1.165, 1.54) is 64.3 Å². The lowest BCUT2D eigenvalue weighted by Crippen LogP contribution is -2.43. The third-order valence-corrected chi connectivity index (χ3v) is 5.19. The zero-order chi connectivity index (χ0) is 12.1.